The second-order valence-corrected chi connectivity index (χ2v) is 4.40. The summed E-state index contributed by atoms with van der Waals surface area (Å²) in [7, 11) is 3.30. The van der Waals surface area contributed by atoms with Gasteiger partial charge in [0.15, 0.2) is 6.29 Å². The Morgan fingerprint density at radius 3 is 2.26 bits per heavy atom. The van der Waals surface area contributed by atoms with Crippen molar-refractivity contribution in [1.29, 1.82) is 0 Å². The number of hydrogen-bond donors (Lipinski definition) is 0. The Balaban J connectivity index is 2.12. The molecular weight excluding hydrogens is 244 g/mol. The molecule has 104 valence electrons. The van der Waals surface area contributed by atoms with E-state index in [0.29, 0.717) is 13.2 Å². The first kappa shape index (κ1) is 13.9. The van der Waals surface area contributed by atoms with Crippen LogP contribution in [-0.2, 0) is 9.47 Å². The summed E-state index contributed by atoms with van der Waals surface area (Å²) in [5.74, 6) is 1.57. The summed E-state index contributed by atoms with van der Waals surface area (Å²) in [6.07, 6.45) is 2.76. The number of rotatable bonds is 5. The molecule has 4 heteroatoms. The van der Waals surface area contributed by atoms with Gasteiger partial charge in [-0.1, -0.05) is 6.08 Å². The molecule has 0 saturated carbocycles. The van der Waals surface area contributed by atoms with Crippen molar-refractivity contribution in [2.45, 2.75) is 19.6 Å². The molecule has 1 aromatic carbocycles. The summed E-state index contributed by atoms with van der Waals surface area (Å²) in [5.41, 5.74) is 2.23. The van der Waals surface area contributed by atoms with Crippen LogP contribution in [0.15, 0.2) is 24.3 Å². The number of hydrogen-bond acceptors (Lipinski definition) is 4. The molecule has 0 unspecified atom stereocenters. The van der Waals surface area contributed by atoms with Crippen LogP contribution in [0.2, 0.25) is 0 Å². The van der Waals surface area contributed by atoms with E-state index in [0.717, 1.165) is 29.1 Å². The summed E-state index contributed by atoms with van der Waals surface area (Å²) in [6, 6.07) is 5.84. The van der Waals surface area contributed by atoms with E-state index < -0.39 is 0 Å². The van der Waals surface area contributed by atoms with E-state index in [1.165, 1.54) is 0 Å². The predicted octanol–water partition coefficient (Wildman–Crippen LogP) is 2.87. The standard InChI is InChI=1S/C15H20O4/c1-11(4-5-15-18-6-7-19-15)12-8-13(16-2)10-14(9-12)17-3/h4,8-10,15H,5-7H2,1-3H3. The first-order valence-corrected chi connectivity index (χ1v) is 6.36. The number of ether oxygens (including phenoxy) is 4. The van der Waals surface area contributed by atoms with E-state index in [4.69, 9.17) is 18.9 Å². The van der Waals surface area contributed by atoms with Gasteiger partial charge in [-0.05, 0) is 30.2 Å². The molecule has 1 saturated heterocycles. The van der Waals surface area contributed by atoms with Gasteiger partial charge < -0.3 is 18.9 Å². The Bertz CT molecular complexity index is 425. The van der Waals surface area contributed by atoms with Crippen LogP contribution in [0.25, 0.3) is 5.57 Å². The first-order chi connectivity index (χ1) is 9.22. The Labute approximate surface area is 113 Å². The van der Waals surface area contributed by atoms with Gasteiger partial charge in [-0.2, -0.15) is 0 Å². The molecule has 1 fully saturated rings. The van der Waals surface area contributed by atoms with Crippen LogP contribution >= 0.6 is 0 Å². The minimum Gasteiger partial charge on any atom is -0.497 e. The van der Waals surface area contributed by atoms with Gasteiger partial charge in [0.05, 0.1) is 27.4 Å². The normalized spacial score (nSPS) is 16.7. The molecule has 1 aromatic rings. The van der Waals surface area contributed by atoms with Gasteiger partial charge in [-0.3, -0.25) is 0 Å². The van der Waals surface area contributed by atoms with Crippen molar-refractivity contribution in [2.24, 2.45) is 0 Å². The van der Waals surface area contributed by atoms with E-state index in [-0.39, 0.29) is 6.29 Å². The van der Waals surface area contributed by atoms with Crippen molar-refractivity contribution in [3.63, 3.8) is 0 Å². The highest BCUT2D eigenvalue weighted by Crippen LogP contribution is 2.27. The molecule has 0 aromatic heterocycles. The lowest BCUT2D eigenvalue weighted by Gasteiger charge is -2.10. The topological polar surface area (TPSA) is 36.9 Å². The second kappa shape index (κ2) is 6.59. The van der Waals surface area contributed by atoms with Crippen LogP contribution in [0.5, 0.6) is 11.5 Å². The molecule has 1 aliphatic rings. The number of allylic oxidation sites excluding steroid dienone is 1. The van der Waals surface area contributed by atoms with Gasteiger partial charge in [0.25, 0.3) is 0 Å². The van der Waals surface area contributed by atoms with Gasteiger partial charge in [0.2, 0.25) is 0 Å². The van der Waals surface area contributed by atoms with Gasteiger partial charge in [-0.25, -0.2) is 0 Å². The molecule has 0 bridgehead atoms. The van der Waals surface area contributed by atoms with E-state index in [9.17, 15) is 0 Å². The third-order valence-electron chi connectivity index (χ3n) is 3.11. The monoisotopic (exact) mass is 264 g/mol. The molecule has 19 heavy (non-hydrogen) atoms. The van der Waals surface area contributed by atoms with Crippen molar-refractivity contribution in [3.8, 4) is 11.5 Å². The highest BCUT2D eigenvalue weighted by molar-refractivity contribution is 5.66. The summed E-state index contributed by atoms with van der Waals surface area (Å²) in [4.78, 5) is 0. The van der Waals surface area contributed by atoms with Gasteiger partial charge >= 0.3 is 0 Å². The van der Waals surface area contributed by atoms with Crippen LogP contribution in [0.4, 0.5) is 0 Å². The Morgan fingerprint density at radius 2 is 1.74 bits per heavy atom. The lowest BCUT2D eigenvalue weighted by atomic mass is 10.1. The van der Waals surface area contributed by atoms with Gasteiger partial charge in [0.1, 0.15) is 11.5 Å². The lowest BCUT2D eigenvalue weighted by molar-refractivity contribution is -0.0379. The molecule has 0 N–H and O–H groups in total. The SMILES string of the molecule is COc1cc(OC)cc(C(C)=CCC2OCCO2)c1. The lowest BCUT2D eigenvalue weighted by Crippen LogP contribution is -2.05. The fourth-order valence-corrected chi connectivity index (χ4v) is 1.97. The van der Waals surface area contributed by atoms with Crippen molar-refractivity contribution in [3.05, 3.63) is 29.8 Å². The third-order valence-corrected chi connectivity index (χ3v) is 3.11. The van der Waals surface area contributed by atoms with E-state index in [1.807, 2.05) is 18.2 Å². The smallest absolute Gasteiger partial charge is 0.161 e. The molecule has 0 atom stereocenters. The van der Waals surface area contributed by atoms with E-state index >= 15 is 0 Å². The van der Waals surface area contributed by atoms with Crippen LogP contribution < -0.4 is 9.47 Å². The fraction of sp³-hybridized carbons (Fsp3) is 0.467. The molecule has 0 amide bonds. The molecule has 0 aliphatic carbocycles. The highest BCUT2D eigenvalue weighted by atomic mass is 16.7. The van der Waals surface area contributed by atoms with Crippen LogP contribution in [-0.4, -0.2) is 33.7 Å². The zero-order valence-electron chi connectivity index (χ0n) is 11.6. The minimum atomic E-state index is -0.109. The van der Waals surface area contributed by atoms with Crippen molar-refractivity contribution >= 4 is 5.57 Å². The number of methoxy groups -OCH3 is 2. The summed E-state index contributed by atoms with van der Waals surface area (Å²) in [6.45, 7) is 3.43. The first-order valence-electron chi connectivity index (χ1n) is 6.36. The van der Waals surface area contributed by atoms with Crippen molar-refractivity contribution in [2.75, 3.05) is 27.4 Å². The summed E-state index contributed by atoms with van der Waals surface area (Å²) < 4.78 is 21.4. The Kier molecular flexibility index (Phi) is 4.82. The number of benzene rings is 1. The molecular formula is C15H20O4. The molecule has 0 radical (unpaired) electrons. The average Bonchev–Trinajstić information content (AvgIpc) is 2.97. The molecule has 4 nitrogen and oxygen atoms in total. The molecule has 0 spiro atoms. The van der Waals surface area contributed by atoms with Crippen LogP contribution in [0.1, 0.15) is 18.9 Å². The fourth-order valence-electron chi connectivity index (χ4n) is 1.97. The predicted molar refractivity (Wildman–Crippen MR) is 73.5 cm³/mol. The van der Waals surface area contributed by atoms with Crippen molar-refractivity contribution in [1.82, 2.24) is 0 Å². The quantitative estimate of drug-likeness (QED) is 0.819. The third kappa shape index (κ3) is 3.72. The molecule has 2 rings (SSSR count). The Hall–Kier alpha value is -1.52. The maximum Gasteiger partial charge on any atom is 0.161 e. The van der Waals surface area contributed by atoms with Gasteiger partial charge in [-0.15, -0.1) is 0 Å². The Morgan fingerprint density at radius 1 is 1.16 bits per heavy atom. The molecule has 1 aliphatic heterocycles. The summed E-state index contributed by atoms with van der Waals surface area (Å²) >= 11 is 0. The summed E-state index contributed by atoms with van der Waals surface area (Å²) in [5, 5.41) is 0. The maximum absolute atomic E-state index is 5.41. The molecule has 1 heterocycles. The minimum absolute atomic E-state index is 0.109. The van der Waals surface area contributed by atoms with Crippen LogP contribution in [0, 0.1) is 0 Å². The van der Waals surface area contributed by atoms with Crippen LogP contribution in [0.3, 0.4) is 0 Å². The zero-order chi connectivity index (χ0) is 13.7. The van der Waals surface area contributed by atoms with Gasteiger partial charge in [0, 0.05) is 12.5 Å². The van der Waals surface area contributed by atoms with Crippen molar-refractivity contribution < 1.29 is 18.9 Å². The highest BCUT2D eigenvalue weighted by Gasteiger charge is 2.14. The maximum atomic E-state index is 5.41. The average molecular weight is 264 g/mol. The second-order valence-electron chi connectivity index (χ2n) is 4.40. The van der Waals surface area contributed by atoms with E-state index in [1.54, 1.807) is 14.2 Å². The largest absolute Gasteiger partial charge is 0.497 e. The van der Waals surface area contributed by atoms with E-state index in [2.05, 4.69) is 13.0 Å². The zero-order valence-corrected chi connectivity index (χ0v) is 11.6.